The third-order valence-corrected chi connectivity index (χ3v) is 6.90. The molecule has 1 aromatic carbocycles. The number of rotatable bonds is 7. The van der Waals surface area contributed by atoms with Gasteiger partial charge in [-0.3, -0.25) is 9.88 Å². The lowest BCUT2D eigenvalue weighted by atomic mass is 10.1. The van der Waals surface area contributed by atoms with Crippen molar-refractivity contribution >= 4 is 11.7 Å². The molecule has 0 bridgehead atoms. The quantitative estimate of drug-likeness (QED) is 0.531. The van der Waals surface area contributed by atoms with E-state index in [1.807, 2.05) is 24.1 Å². The molecular weight excluding hydrogens is 473 g/mol. The lowest BCUT2D eigenvalue weighted by Crippen LogP contribution is -2.49. The Labute approximate surface area is 217 Å². The molecule has 0 amide bonds. The van der Waals surface area contributed by atoms with Crippen molar-refractivity contribution in [3.63, 3.8) is 0 Å². The Morgan fingerprint density at radius 1 is 1.11 bits per heavy atom. The maximum atomic E-state index is 14.4. The zero-order valence-electron chi connectivity index (χ0n) is 21.3. The minimum Gasteiger partial charge on any atom is -0.494 e. The minimum atomic E-state index is -0.405. The predicted molar refractivity (Wildman–Crippen MR) is 141 cm³/mol. The first-order valence-electron chi connectivity index (χ1n) is 12.8. The fourth-order valence-corrected chi connectivity index (χ4v) is 4.72. The number of hydrogen-bond acceptors (Lipinski definition) is 8. The third-order valence-electron chi connectivity index (χ3n) is 6.90. The van der Waals surface area contributed by atoms with Gasteiger partial charge in [0.15, 0.2) is 5.82 Å². The Bertz CT molecular complexity index is 1150. The number of ether oxygens (including phenoxy) is 3. The molecule has 2 aromatic rings. The summed E-state index contributed by atoms with van der Waals surface area (Å²) in [4.78, 5) is 15.2. The number of benzene rings is 1. The van der Waals surface area contributed by atoms with Crippen LogP contribution in [0.3, 0.4) is 0 Å². The van der Waals surface area contributed by atoms with Crippen LogP contribution in [0.25, 0.3) is 5.70 Å². The number of allylic oxidation sites excluding steroid dienone is 1. The second kappa shape index (κ2) is 11.9. The maximum absolute atomic E-state index is 14.4. The van der Waals surface area contributed by atoms with Crippen molar-refractivity contribution in [3.05, 3.63) is 78.0 Å². The molecule has 1 aromatic heterocycles. The minimum absolute atomic E-state index is 0.111. The van der Waals surface area contributed by atoms with Crippen molar-refractivity contribution in [1.82, 2.24) is 19.7 Å². The summed E-state index contributed by atoms with van der Waals surface area (Å²) < 4.78 is 31.9. The highest BCUT2D eigenvalue weighted by molar-refractivity contribution is 5.91. The molecular formula is C28H34FN5O3. The number of halogens is 1. The average Bonchev–Trinajstić information content (AvgIpc) is 2.94. The number of aromatic nitrogens is 1. The molecule has 0 N–H and O–H groups in total. The van der Waals surface area contributed by atoms with Crippen LogP contribution < -0.4 is 4.74 Å². The first kappa shape index (κ1) is 25.4. The van der Waals surface area contributed by atoms with Crippen LogP contribution in [-0.2, 0) is 9.47 Å². The molecule has 3 aliphatic rings. The Morgan fingerprint density at radius 2 is 1.92 bits per heavy atom. The second-order valence-electron chi connectivity index (χ2n) is 9.38. The molecule has 3 aliphatic heterocycles. The summed E-state index contributed by atoms with van der Waals surface area (Å²) in [5.41, 5.74) is 2.77. The SMILES string of the molecule is C=C1C=C(c2ccncc2F)N=C(N2CCOC(c3ccc(OCCCN4CCOCC4)cc3)C2)N1C. The molecule has 0 spiro atoms. The van der Waals surface area contributed by atoms with E-state index < -0.39 is 5.82 Å². The van der Waals surface area contributed by atoms with E-state index in [4.69, 9.17) is 19.2 Å². The van der Waals surface area contributed by atoms with Crippen LogP contribution in [0.1, 0.15) is 23.7 Å². The maximum Gasteiger partial charge on any atom is 0.206 e. The van der Waals surface area contributed by atoms with Crippen molar-refractivity contribution in [1.29, 1.82) is 0 Å². The number of hydrogen-bond donors (Lipinski definition) is 0. The molecule has 37 heavy (non-hydrogen) atoms. The molecule has 9 heteroatoms. The van der Waals surface area contributed by atoms with Crippen LogP contribution in [-0.4, -0.2) is 91.8 Å². The van der Waals surface area contributed by atoms with Gasteiger partial charge in [0, 0.05) is 50.7 Å². The molecule has 2 fully saturated rings. The van der Waals surface area contributed by atoms with Gasteiger partial charge >= 0.3 is 0 Å². The number of morpholine rings is 2. The van der Waals surface area contributed by atoms with Crippen LogP contribution in [0.15, 0.2) is 66.1 Å². The average molecular weight is 508 g/mol. The van der Waals surface area contributed by atoms with Gasteiger partial charge in [-0.1, -0.05) is 18.7 Å². The Hall–Kier alpha value is -3.27. The Balaban J connectivity index is 1.20. The third kappa shape index (κ3) is 6.18. The molecule has 1 unspecified atom stereocenters. The zero-order chi connectivity index (χ0) is 25.6. The molecule has 1 atom stereocenters. The molecule has 196 valence electrons. The van der Waals surface area contributed by atoms with Crippen molar-refractivity contribution in [2.45, 2.75) is 12.5 Å². The van der Waals surface area contributed by atoms with Gasteiger partial charge in [-0.2, -0.15) is 0 Å². The molecule has 5 rings (SSSR count). The van der Waals surface area contributed by atoms with E-state index >= 15 is 0 Å². The van der Waals surface area contributed by atoms with Crippen molar-refractivity contribution < 1.29 is 18.6 Å². The fraction of sp³-hybridized carbons (Fsp3) is 0.429. The van der Waals surface area contributed by atoms with Crippen LogP contribution >= 0.6 is 0 Å². The fourth-order valence-electron chi connectivity index (χ4n) is 4.72. The molecule has 4 heterocycles. The van der Waals surface area contributed by atoms with E-state index in [1.54, 1.807) is 18.3 Å². The first-order chi connectivity index (χ1) is 18.1. The van der Waals surface area contributed by atoms with Crippen LogP contribution in [0.5, 0.6) is 5.75 Å². The lowest BCUT2D eigenvalue weighted by Gasteiger charge is -2.39. The van der Waals surface area contributed by atoms with Gasteiger partial charge in [0.2, 0.25) is 5.96 Å². The van der Waals surface area contributed by atoms with Gasteiger partial charge in [0.05, 0.1) is 44.9 Å². The number of nitrogens with zero attached hydrogens (tertiary/aromatic N) is 5. The Morgan fingerprint density at radius 3 is 2.70 bits per heavy atom. The number of likely N-dealkylation sites (N-methyl/N-ethyl adjacent to an activating group) is 1. The molecule has 0 radical (unpaired) electrons. The van der Waals surface area contributed by atoms with Crippen LogP contribution in [0, 0.1) is 5.82 Å². The standard InChI is InChI=1S/C28H34FN5O3/c1-21-18-26(24-8-9-30-19-25(24)29)31-28(32(21)2)34-13-17-37-27(20-34)22-4-6-23(7-5-22)36-14-3-10-33-11-15-35-16-12-33/h4-9,18-19,27H,1,3,10-17,20H2,2H3. The van der Waals surface area contributed by atoms with E-state index in [0.717, 1.165) is 62.2 Å². The Kier molecular flexibility index (Phi) is 8.13. The summed E-state index contributed by atoms with van der Waals surface area (Å²) in [5, 5.41) is 0. The van der Waals surface area contributed by atoms with Crippen molar-refractivity contribution in [2.75, 3.05) is 66.2 Å². The molecule has 8 nitrogen and oxygen atoms in total. The lowest BCUT2D eigenvalue weighted by molar-refractivity contribution is -0.00964. The zero-order valence-corrected chi connectivity index (χ0v) is 21.3. The van der Waals surface area contributed by atoms with E-state index in [1.165, 1.54) is 6.20 Å². The highest BCUT2D eigenvalue weighted by atomic mass is 19.1. The normalized spacial score (nSPS) is 21.0. The van der Waals surface area contributed by atoms with Gasteiger partial charge in [-0.25, -0.2) is 9.38 Å². The van der Waals surface area contributed by atoms with Gasteiger partial charge in [0.1, 0.15) is 11.9 Å². The summed E-state index contributed by atoms with van der Waals surface area (Å²) in [6.07, 6.45) is 5.44. The second-order valence-corrected chi connectivity index (χ2v) is 9.38. The topological polar surface area (TPSA) is 62.7 Å². The van der Waals surface area contributed by atoms with Gasteiger partial charge in [-0.15, -0.1) is 0 Å². The van der Waals surface area contributed by atoms with Gasteiger partial charge < -0.3 is 24.0 Å². The van der Waals surface area contributed by atoms with Gasteiger partial charge in [0.25, 0.3) is 0 Å². The van der Waals surface area contributed by atoms with Gasteiger partial charge in [-0.05, 0) is 36.3 Å². The summed E-state index contributed by atoms with van der Waals surface area (Å²) in [7, 11) is 1.92. The summed E-state index contributed by atoms with van der Waals surface area (Å²) >= 11 is 0. The molecule has 0 saturated carbocycles. The van der Waals surface area contributed by atoms with E-state index in [2.05, 4.69) is 33.5 Å². The number of guanidine groups is 1. The van der Waals surface area contributed by atoms with Crippen molar-refractivity contribution in [3.8, 4) is 5.75 Å². The monoisotopic (exact) mass is 507 g/mol. The van der Waals surface area contributed by atoms with E-state index in [0.29, 0.717) is 37.6 Å². The predicted octanol–water partition coefficient (Wildman–Crippen LogP) is 3.55. The number of pyridine rings is 1. The van der Waals surface area contributed by atoms with Crippen LogP contribution in [0.4, 0.5) is 4.39 Å². The molecule has 2 saturated heterocycles. The molecule has 0 aliphatic carbocycles. The summed E-state index contributed by atoms with van der Waals surface area (Å²) in [6, 6.07) is 9.77. The largest absolute Gasteiger partial charge is 0.494 e. The highest BCUT2D eigenvalue weighted by Crippen LogP contribution is 2.29. The van der Waals surface area contributed by atoms with E-state index in [9.17, 15) is 4.39 Å². The van der Waals surface area contributed by atoms with E-state index in [-0.39, 0.29) is 6.10 Å². The summed E-state index contributed by atoms with van der Waals surface area (Å²) in [5.74, 6) is 1.19. The highest BCUT2D eigenvalue weighted by Gasteiger charge is 2.29. The first-order valence-corrected chi connectivity index (χ1v) is 12.8. The smallest absolute Gasteiger partial charge is 0.206 e. The number of aliphatic imine (C=N–C) groups is 1. The summed E-state index contributed by atoms with van der Waals surface area (Å²) in [6.45, 7) is 11.4. The van der Waals surface area contributed by atoms with Crippen molar-refractivity contribution in [2.24, 2.45) is 4.99 Å². The van der Waals surface area contributed by atoms with Crippen LogP contribution in [0.2, 0.25) is 0 Å².